The van der Waals surface area contributed by atoms with Gasteiger partial charge >= 0.3 is 6.01 Å². The predicted octanol–water partition coefficient (Wildman–Crippen LogP) is 2.81. The van der Waals surface area contributed by atoms with Crippen molar-refractivity contribution >= 4 is 23.5 Å². The standard InChI is InChI=1S/C14H16ClN5O/c1-9-4-5-10(15)11(8-9)21-14-18-12(16)17-13(19-14)20-6-2-3-7-20/h4-5,8H,2-3,6-7H2,1H3,(H2,16,17,18,19). The summed E-state index contributed by atoms with van der Waals surface area (Å²) in [5.41, 5.74) is 6.78. The van der Waals surface area contributed by atoms with Crippen LogP contribution in [0, 0.1) is 6.92 Å². The third kappa shape index (κ3) is 3.16. The van der Waals surface area contributed by atoms with Gasteiger partial charge in [-0.1, -0.05) is 17.7 Å². The number of aromatic nitrogens is 3. The molecule has 1 fully saturated rings. The molecule has 0 radical (unpaired) electrons. The predicted molar refractivity (Wildman–Crippen MR) is 81.9 cm³/mol. The van der Waals surface area contributed by atoms with Gasteiger partial charge in [-0.3, -0.25) is 0 Å². The average Bonchev–Trinajstić information content (AvgIpc) is 2.96. The second kappa shape index (κ2) is 5.73. The van der Waals surface area contributed by atoms with E-state index in [1.54, 1.807) is 6.07 Å². The monoisotopic (exact) mass is 305 g/mol. The number of rotatable bonds is 3. The normalized spacial score (nSPS) is 14.5. The largest absolute Gasteiger partial charge is 0.423 e. The van der Waals surface area contributed by atoms with Crippen molar-refractivity contribution in [3.63, 3.8) is 0 Å². The van der Waals surface area contributed by atoms with Gasteiger partial charge in [0.05, 0.1) is 5.02 Å². The van der Waals surface area contributed by atoms with E-state index in [2.05, 4.69) is 19.9 Å². The molecule has 0 aliphatic carbocycles. The summed E-state index contributed by atoms with van der Waals surface area (Å²) in [7, 11) is 0. The third-order valence-electron chi connectivity index (χ3n) is 3.30. The van der Waals surface area contributed by atoms with Crippen molar-refractivity contribution in [2.75, 3.05) is 23.7 Å². The SMILES string of the molecule is Cc1ccc(Cl)c(Oc2nc(N)nc(N3CCCC3)n2)c1. The van der Waals surface area contributed by atoms with E-state index in [-0.39, 0.29) is 12.0 Å². The van der Waals surface area contributed by atoms with E-state index in [0.29, 0.717) is 16.7 Å². The smallest absolute Gasteiger partial charge is 0.328 e. The summed E-state index contributed by atoms with van der Waals surface area (Å²) in [5, 5.41) is 0.502. The molecule has 0 spiro atoms. The molecule has 110 valence electrons. The lowest BCUT2D eigenvalue weighted by molar-refractivity contribution is 0.440. The zero-order chi connectivity index (χ0) is 14.8. The van der Waals surface area contributed by atoms with Crippen LogP contribution in [0.3, 0.4) is 0 Å². The first-order valence-electron chi connectivity index (χ1n) is 6.82. The average molecular weight is 306 g/mol. The second-order valence-electron chi connectivity index (χ2n) is 5.01. The van der Waals surface area contributed by atoms with Crippen LogP contribution in [-0.4, -0.2) is 28.0 Å². The van der Waals surface area contributed by atoms with Crippen molar-refractivity contribution in [1.29, 1.82) is 0 Å². The Hall–Kier alpha value is -2.08. The number of nitrogens with two attached hydrogens (primary N) is 1. The Morgan fingerprint density at radius 3 is 2.71 bits per heavy atom. The van der Waals surface area contributed by atoms with Crippen LogP contribution in [0.1, 0.15) is 18.4 Å². The highest BCUT2D eigenvalue weighted by Gasteiger charge is 2.17. The fourth-order valence-electron chi connectivity index (χ4n) is 2.25. The Morgan fingerprint density at radius 1 is 1.19 bits per heavy atom. The number of halogens is 1. The molecule has 6 nitrogen and oxygen atoms in total. The van der Waals surface area contributed by atoms with Crippen LogP contribution in [0.2, 0.25) is 5.02 Å². The molecule has 0 atom stereocenters. The molecule has 1 aliphatic rings. The van der Waals surface area contributed by atoms with Crippen LogP contribution in [0.15, 0.2) is 18.2 Å². The summed E-state index contributed by atoms with van der Waals surface area (Å²) in [6.45, 7) is 3.81. The fourth-order valence-corrected chi connectivity index (χ4v) is 2.41. The number of ether oxygens (including phenoxy) is 1. The van der Waals surface area contributed by atoms with Gasteiger partial charge in [0.2, 0.25) is 11.9 Å². The molecular formula is C14H16ClN5O. The van der Waals surface area contributed by atoms with Gasteiger partial charge in [-0.15, -0.1) is 0 Å². The van der Waals surface area contributed by atoms with Crippen molar-refractivity contribution in [3.8, 4) is 11.8 Å². The molecule has 1 aliphatic heterocycles. The quantitative estimate of drug-likeness (QED) is 0.939. The van der Waals surface area contributed by atoms with Gasteiger partial charge in [0.1, 0.15) is 5.75 Å². The lowest BCUT2D eigenvalue weighted by Crippen LogP contribution is -2.21. The number of benzene rings is 1. The number of nitrogen functional groups attached to an aromatic ring is 1. The maximum absolute atomic E-state index is 6.11. The molecule has 3 rings (SSSR count). The Kier molecular flexibility index (Phi) is 3.79. The van der Waals surface area contributed by atoms with Crippen LogP contribution in [0.25, 0.3) is 0 Å². The number of nitrogens with zero attached hydrogens (tertiary/aromatic N) is 4. The maximum Gasteiger partial charge on any atom is 0.328 e. The summed E-state index contributed by atoms with van der Waals surface area (Å²) in [6, 6.07) is 5.68. The molecule has 1 aromatic heterocycles. The molecule has 0 amide bonds. The number of hydrogen-bond acceptors (Lipinski definition) is 6. The van der Waals surface area contributed by atoms with E-state index in [0.717, 1.165) is 31.5 Å². The Balaban J connectivity index is 1.89. The Bertz CT molecular complexity index is 658. The zero-order valence-electron chi connectivity index (χ0n) is 11.7. The van der Waals surface area contributed by atoms with E-state index in [1.807, 2.05) is 19.1 Å². The minimum Gasteiger partial charge on any atom is -0.423 e. The van der Waals surface area contributed by atoms with Crippen LogP contribution >= 0.6 is 11.6 Å². The van der Waals surface area contributed by atoms with Gasteiger partial charge in [0, 0.05) is 13.1 Å². The minimum atomic E-state index is 0.144. The first kappa shape index (κ1) is 13.9. The summed E-state index contributed by atoms with van der Waals surface area (Å²) >= 11 is 6.11. The molecule has 1 aromatic carbocycles. The molecule has 7 heteroatoms. The van der Waals surface area contributed by atoms with Gasteiger partial charge < -0.3 is 15.4 Å². The van der Waals surface area contributed by atoms with Gasteiger partial charge in [-0.25, -0.2) is 0 Å². The lowest BCUT2D eigenvalue weighted by Gasteiger charge is -2.15. The zero-order valence-corrected chi connectivity index (χ0v) is 12.5. The van der Waals surface area contributed by atoms with Gasteiger partial charge in [0.25, 0.3) is 0 Å². The highest BCUT2D eigenvalue weighted by Crippen LogP contribution is 2.29. The molecule has 2 N–H and O–H groups in total. The topological polar surface area (TPSA) is 77.2 Å². The number of hydrogen-bond donors (Lipinski definition) is 1. The molecule has 0 unspecified atom stereocenters. The van der Waals surface area contributed by atoms with E-state index >= 15 is 0 Å². The first-order valence-corrected chi connectivity index (χ1v) is 7.20. The van der Waals surface area contributed by atoms with Gasteiger partial charge in [0.15, 0.2) is 0 Å². The third-order valence-corrected chi connectivity index (χ3v) is 3.61. The van der Waals surface area contributed by atoms with Crippen LogP contribution in [0.5, 0.6) is 11.8 Å². The van der Waals surface area contributed by atoms with Crippen molar-refractivity contribution in [1.82, 2.24) is 15.0 Å². The van der Waals surface area contributed by atoms with Crippen molar-refractivity contribution in [2.24, 2.45) is 0 Å². The van der Waals surface area contributed by atoms with Crippen molar-refractivity contribution in [3.05, 3.63) is 28.8 Å². The second-order valence-corrected chi connectivity index (χ2v) is 5.41. The van der Waals surface area contributed by atoms with E-state index in [1.165, 1.54) is 0 Å². The number of aryl methyl sites for hydroxylation is 1. The summed E-state index contributed by atoms with van der Waals surface area (Å²) in [5.74, 6) is 1.21. The molecular weight excluding hydrogens is 290 g/mol. The van der Waals surface area contributed by atoms with E-state index in [4.69, 9.17) is 22.1 Å². The van der Waals surface area contributed by atoms with Gasteiger partial charge in [-0.2, -0.15) is 15.0 Å². The van der Waals surface area contributed by atoms with Crippen molar-refractivity contribution < 1.29 is 4.74 Å². The van der Waals surface area contributed by atoms with Crippen LogP contribution in [-0.2, 0) is 0 Å². The lowest BCUT2D eigenvalue weighted by atomic mass is 10.2. The van der Waals surface area contributed by atoms with Gasteiger partial charge in [-0.05, 0) is 37.5 Å². The molecule has 2 heterocycles. The summed E-state index contributed by atoms with van der Waals surface area (Å²) in [6.07, 6.45) is 2.26. The maximum atomic E-state index is 6.11. The Labute approximate surface area is 127 Å². The van der Waals surface area contributed by atoms with E-state index < -0.39 is 0 Å². The highest BCUT2D eigenvalue weighted by molar-refractivity contribution is 6.32. The Morgan fingerprint density at radius 2 is 1.95 bits per heavy atom. The highest BCUT2D eigenvalue weighted by atomic mass is 35.5. The molecule has 0 saturated carbocycles. The van der Waals surface area contributed by atoms with Crippen LogP contribution < -0.4 is 15.4 Å². The first-order chi connectivity index (χ1) is 10.1. The minimum absolute atomic E-state index is 0.144. The summed E-state index contributed by atoms with van der Waals surface area (Å²) in [4.78, 5) is 14.6. The molecule has 21 heavy (non-hydrogen) atoms. The van der Waals surface area contributed by atoms with Crippen LogP contribution in [0.4, 0.5) is 11.9 Å². The molecule has 1 saturated heterocycles. The number of anilines is 2. The summed E-state index contributed by atoms with van der Waals surface area (Å²) < 4.78 is 5.67. The molecule has 2 aromatic rings. The molecule has 0 bridgehead atoms. The van der Waals surface area contributed by atoms with Crippen molar-refractivity contribution in [2.45, 2.75) is 19.8 Å². The van der Waals surface area contributed by atoms with E-state index in [9.17, 15) is 0 Å². The fraction of sp³-hybridized carbons (Fsp3) is 0.357.